The van der Waals surface area contributed by atoms with Crippen molar-refractivity contribution in [1.82, 2.24) is 4.90 Å². The molecule has 0 bridgehead atoms. The lowest BCUT2D eigenvalue weighted by atomic mass is 9.69. The Hall–Kier alpha value is -1.59. The Labute approximate surface area is 124 Å². The smallest absolute Gasteiger partial charge is 0.303 e. The van der Waals surface area contributed by atoms with Gasteiger partial charge in [-0.15, -0.1) is 0 Å². The van der Waals surface area contributed by atoms with Crippen LogP contribution in [0.1, 0.15) is 57.8 Å². The Morgan fingerprint density at radius 1 is 1.10 bits per heavy atom. The number of likely N-dealkylation sites (tertiary alicyclic amines) is 1. The predicted octanol–water partition coefficient (Wildman–Crippen LogP) is 1.28. The fraction of sp³-hybridized carbons (Fsp3) is 0.800. The summed E-state index contributed by atoms with van der Waals surface area (Å²) in [6.45, 7) is 0.551. The molecule has 0 aromatic heterocycles. The van der Waals surface area contributed by atoms with Crippen LogP contribution in [0.25, 0.3) is 0 Å². The first-order chi connectivity index (χ1) is 9.93. The zero-order valence-electron chi connectivity index (χ0n) is 12.3. The van der Waals surface area contributed by atoms with Crippen LogP contribution in [0, 0.1) is 5.41 Å². The number of carbonyl (C=O) groups excluding carboxylic acids is 2. The molecule has 2 aliphatic rings. The molecule has 118 valence electrons. The van der Waals surface area contributed by atoms with Gasteiger partial charge in [0.05, 0.1) is 6.42 Å². The van der Waals surface area contributed by atoms with Crippen molar-refractivity contribution >= 4 is 17.8 Å². The molecule has 1 aliphatic carbocycles. The number of carboxylic acids is 1. The molecule has 2 fully saturated rings. The molecule has 1 saturated heterocycles. The molecule has 6 heteroatoms. The highest BCUT2D eigenvalue weighted by Gasteiger charge is 2.40. The van der Waals surface area contributed by atoms with Crippen molar-refractivity contribution in [3.8, 4) is 0 Å². The molecule has 6 nitrogen and oxygen atoms in total. The van der Waals surface area contributed by atoms with Crippen LogP contribution in [-0.4, -0.2) is 40.4 Å². The van der Waals surface area contributed by atoms with Crippen LogP contribution in [-0.2, 0) is 14.4 Å². The van der Waals surface area contributed by atoms with E-state index >= 15 is 0 Å². The van der Waals surface area contributed by atoms with Crippen molar-refractivity contribution < 1.29 is 19.5 Å². The maximum atomic E-state index is 12.5. The lowest BCUT2D eigenvalue weighted by molar-refractivity contribution is -0.144. The lowest BCUT2D eigenvalue weighted by Crippen LogP contribution is -2.45. The minimum atomic E-state index is -0.849. The number of primary amides is 1. The Balaban J connectivity index is 2.07. The van der Waals surface area contributed by atoms with E-state index in [9.17, 15) is 14.4 Å². The highest BCUT2D eigenvalue weighted by molar-refractivity contribution is 5.87. The minimum absolute atomic E-state index is 0.0355. The summed E-state index contributed by atoms with van der Waals surface area (Å²) < 4.78 is 0. The number of hydrogen-bond donors (Lipinski definition) is 2. The van der Waals surface area contributed by atoms with E-state index in [0.29, 0.717) is 13.0 Å². The number of amides is 2. The van der Waals surface area contributed by atoms with Gasteiger partial charge < -0.3 is 15.7 Å². The van der Waals surface area contributed by atoms with Crippen molar-refractivity contribution in [3.05, 3.63) is 0 Å². The summed E-state index contributed by atoms with van der Waals surface area (Å²) in [4.78, 5) is 36.6. The summed E-state index contributed by atoms with van der Waals surface area (Å²) >= 11 is 0. The van der Waals surface area contributed by atoms with Crippen molar-refractivity contribution in [2.75, 3.05) is 6.54 Å². The largest absolute Gasteiger partial charge is 0.481 e. The standard InChI is InChI=1S/C15H24N2O4/c16-14(21)11-5-4-8-17(11)12(18)9-15(10-13(19)20)6-2-1-3-7-15/h11H,1-10H2,(H2,16,21)(H,19,20). The van der Waals surface area contributed by atoms with Gasteiger partial charge >= 0.3 is 5.97 Å². The average molecular weight is 296 g/mol. The van der Waals surface area contributed by atoms with Crippen molar-refractivity contribution in [3.63, 3.8) is 0 Å². The highest BCUT2D eigenvalue weighted by atomic mass is 16.4. The Morgan fingerprint density at radius 2 is 1.76 bits per heavy atom. The second-order valence-electron chi connectivity index (χ2n) is 6.46. The summed E-state index contributed by atoms with van der Waals surface area (Å²) in [6, 6.07) is -0.511. The fourth-order valence-electron chi connectivity index (χ4n) is 3.82. The minimum Gasteiger partial charge on any atom is -0.481 e. The monoisotopic (exact) mass is 296 g/mol. The van der Waals surface area contributed by atoms with Crippen LogP contribution in [0.15, 0.2) is 0 Å². The van der Waals surface area contributed by atoms with E-state index in [2.05, 4.69) is 0 Å². The first-order valence-corrected chi connectivity index (χ1v) is 7.74. The molecule has 1 atom stereocenters. The zero-order valence-corrected chi connectivity index (χ0v) is 12.3. The van der Waals surface area contributed by atoms with Gasteiger partial charge in [-0.3, -0.25) is 14.4 Å². The molecule has 2 amide bonds. The Bertz CT molecular complexity index is 429. The number of nitrogens with two attached hydrogens (primary N) is 1. The normalized spacial score (nSPS) is 24.8. The van der Waals surface area contributed by atoms with Gasteiger partial charge in [0.15, 0.2) is 0 Å². The molecule has 0 aromatic rings. The third-order valence-corrected chi connectivity index (χ3v) is 4.87. The summed E-state index contributed by atoms with van der Waals surface area (Å²) in [5, 5.41) is 9.15. The van der Waals surface area contributed by atoms with Gasteiger partial charge in [-0.05, 0) is 31.1 Å². The molecule has 0 radical (unpaired) electrons. The molecule has 3 N–H and O–H groups in total. The molecule has 1 heterocycles. The molecular weight excluding hydrogens is 272 g/mol. The molecular formula is C15H24N2O4. The number of aliphatic carboxylic acids is 1. The lowest BCUT2D eigenvalue weighted by Gasteiger charge is -2.37. The van der Waals surface area contributed by atoms with Gasteiger partial charge in [-0.2, -0.15) is 0 Å². The summed E-state index contributed by atoms with van der Waals surface area (Å²) in [6.07, 6.45) is 6.26. The maximum Gasteiger partial charge on any atom is 0.303 e. The molecule has 0 aromatic carbocycles. The van der Waals surface area contributed by atoms with Crippen LogP contribution in [0.3, 0.4) is 0 Å². The summed E-state index contributed by atoms with van der Waals surface area (Å²) in [5.41, 5.74) is 4.91. The Kier molecular flexibility index (Phi) is 4.85. The van der Waals surface area contributed by atoms with Crippen LogP contribution < -0.4 is 5.73 Å². The van der Waals surface area contributed by atoms with Crippen LogP contribution in [0.4, 0.5) is 0 Å². The van der Waals surface area contributed by atoms with Gasteiger partial charge in [0.1, 0.15) is 6.04 Å². The first-order valence-electron chi connectivity index (χ1n) is 7.74. The van der Waals surface area contributed by atoms with E-state index in [1.807, 2.05) is 0 Å². The van der Waals surface area contributed by atoms with Crippen LogP contribution in [0.2, 0.25) is 0 Å². The van der Waals surface area contributed by atoms with Crippen LogP contribution in [0.5, 0.6) is 0 Å². The van der Waals surface area contributed by atoms with E-state index in [1.54, 1.807) is 4.90 Å². The molecule has 1 aliphatic heterocycles. The molecule has 1 unspecified atom stereocenters. The van der Waals surface area contributed by atoms with Gasteiger partial charge in [-0.1, -0.05) is 19.3 Å². The van der Waals surface area contributed by atoms with Gasteiger partial charge in [0.2, 0.25) is 11.8 Å². The quantitative estimate of drug-likeness (QED) is 0.798. The van der Waals surface area contributed by atoms with E-state index in [-0.39, 0.29) is 18.7 Å². The van der Waals surface area contributed by atoms with Gasteiger partial charge in [0.25, 0.3) is 0 Å². The maximum absolute atomic E-state index is 12.5. The van der Waals surface area contributed by atoms with E-state index in [0.717, 1.165) is 38.5 Å². The number of hydrogen-bond acceptors (Lipinski definition) is 3. The third kappa shape index (κ3) is 3.74. The first kappa shape index (κ1) is 15.8. The number of nitrogens with zero attached hydrogens (tertiary/aromatic N) is 1. The van der Waals surface area contributed by atoms with E-state index < -0.39 is 23.3 Å². The zero-order chi connectivity index (χ0) is 15.5. The summed E-state index contributed by atoms with van der Waals surface area (Å²) in [7, 11) is 0. The number of carbonyl (C=O) groups is 3. The second kappa shape index (κ2) is 6.45. The molecule has 21 heavy (non-hydrogen) atoms. The predicted molar refractivity (Wildman–Crippen MR) is 76.3 cm³/mol. The van der Waals surface area contributed by atoms with Crippen LogP contribution >= 0.6 is 0 Å². The van der Waals surface area contributed by atoms with Crippen molar-refractivity contribution in [1.29, 1.82) is 0 Å². The average Bonchev–Trinajstić information content (AvgIpc) is 2.87. The second-order valence-corrected chi connectivity index (χ2v) is 6.46. The third-order valence-electron chi connectivity index (χ3n) is 4.87. The molecule has 0 spiro atoms. The number of carboxylic acid groups (broad SMARTS) is 1. The highest BCUT2D eigenvalue weighted by Crippen LogP contribution is 2.43. The fourth-order valence-corrected chi connectivity index (χ4v) is 3.82. The molecule has 1 saturated carbocycles. The topological polar surface area (TPSA) is 101 Å². The van der Waals surface area contributed by atoms with Crippen molar-refractivity contribution in [2.45, 2.75) is 63.8 Å². The SMILES string of the molecule is NC(=O)C1CCCN1C(=O)CC1(CC(=O)O)CCCCC1. The van der Waals surface area contributed by atoms with E-state index in [1.165, 1.54) is 0 Å². The van der Waals surface area contributed by atoms with Crippen molar-refractivity contribution in [2.24, 2.45) is 11.1 Å². The summed E-state index contributed by atoms with van der Waals surface area (Å²) in [5.74, 6) is -1.42. The number of rotatable bonds is 5. The van der Waals surface area contributed by atoms with Gasteiger partial charge in [0, 0.05) is 13.0 Å². The van der Waals surface area contributed by atoms with Gasteiger partial charge in [-0.25, -0.2) is 0 Å². The molecule has 2 rings (SSSR count). The van der Waals surface area contributed by atoms with E-state index in [4.69, 9.17) is 10.8 Å². The Morgan fingerprint density at radius 3 is 2.33 bits per heavy atom.